The molecule has 2 amide bonds. The molecule has 1 spiro atoms. The van der Waals surface area contributed by atoms with Crippen LogP contribution in [0.4, 0.5) is 21.2 Å². The summed E-state index contributed by atoms with van der Waals surface area (Å²) < 4.78 is 23.0. The fraction of sp³-hybridized carbons (Fsp3) is 0.333. The third-order valence-electron chi connectivity index (χ3n) is 8.03. The Morgan fingerprint density at radius 3 is 2.38 bits per heavy atom. The number of ether oxygens (including phenoxy) is 1. The predicted octanol–water partition coefficient (Wildman–Crippen LogP) is 6.45. The van der Waals surface area contributed by atoms with Crippen molar-refractivity contribution < 1.29 is 23.5 Å². The highest BCUT2D eigenvalue weighted by molar-refractivity contribution is 9.10. The second-order valence-electron chi connectivity index (χ2n) is 10.8. The van der Waals surface area contributed by atoms with Crippen molar-refractivity contribution in [3.8, 4) is 0 Å². The zero-order valence-electron chi connectivity index (χ0n) is 22.2. The zero-order valence-corrected chi connectivity index (χ0v) is 24.8. The lowest BCUT2D eigenvalue weighted by atomic mass is 9.82. The molecule has 0 unspecified atom stereocenters. The van der Waals surface area contributed by atoms with Crippen LogP contribution in [-0.2, 0) is 26.5 Å². The van der Waals surface area contributed by atoms with Crippen LogP contribution >= 0.6 is 15.9 Å². The molecule has 39 heavy (non-hydrogen) atoms. The number of benzene rings is 3. The summed E-state index contributed by atoms with van der Waals surface area (Å²) in [5.74, 6) is -0.615. The Morgan fingerprint density at radius 1 is 1.10 bits per heavy atom. The lowest BCUT2D eigenvalue weighted by Crippen LogP contribution is -2.45. The molecule has 2 aliphatic heterocycles. The highest BCUT2D eigenvalue weighted by atomic mass is 79.9. The molecule has 0 bridgehead atoms. The molecular weight excluding hydrogens is 579 g/mol. The van der Waals surface area contributed by atoms with Crippen LogP contribution in [0.15, 0.2) is 77.3 Å². The van der Waals surface area contributed by atoms with Crippen molar-refractivity contribution in [2.45, 2.75) is 50.2 Å². The van der Waals surface area contributed by atoms with Gasteiger partial charge in [0.05, 0.1) is 18.3 Å². The molecule has 1 N–H and O–H groups in total. The highest BCUT2D eigenvalue weighted by Crippen LogP contribution is 2.60. The molecule has 3 aromatic carbocycles. The van der Waals surface area contributed by atoms with E-state index in [1.807, 2.05) is 79.7 Å². The van der Waals surface area contributed by atoms with E-state index in [9.17, 15) is 14.7 Å². The number of hydrogen-bond donors (Lipinski definition) is 1. The number of rotatable bonds is 8. The van der Waals surface area contributed by atoms with E-state index in [-0.39, 0.29) is 18.9 Å². The van der Waals surface area contributed by atoms with Crippen molar-refractivity contribution in [3.63, 3.8) is 0 Å². The Bertz CT molecular complexity index is 1370. The van der Waals surface area contributed by atoms with Gasteiger partial charge in [0.15, 0.2) is 5.60 Å². The summed E-state index contributed by atoms with van der Waals surface area (Å²) in [6, 6.07) is 22.6. The maximum Gasteiger partial charge on any atom is 0.264 e. The monoisotopic (exact) mass is 610 g/mol. The number of fused-ring (bicyclic) bond motifs is 2. The molecule has 204 valence electrons. The molecule has 1 saturated heterocycles. The van der Waals surface area contributed by atoms with Gasteiger partial charge in [0, 0.05) is 39.5 Å². The summed E-state index contributed by atoms with van der Waals surface area (Å²) in [7, 11) is -3.24. The summed E-state index contributed by atoms with van der Waals surface area (Å²) in [4.78, 5) is 29.4. The van der Waals surface area contributed by atoms with E-state index in [0.29, 0.717) is 12.2 Å². The Kier molecular flexibility index (Phi) is 7.54. The zero-order chi connectivity index (χ0) is 27.9. The van der Waals surface area contributed by atoms with E-state index < -0.39 is 31.6 Å². The number of hydrogen-bond acceptors (Lipinski definition) is 4. The maximum atomic E-state index is 15.6. The van der Waals surface area contributed by atoms with E-state index >= 15 is 4.11 Å². The van der Waals surface area contributed by atoms with E-state index in [4.69, 9.17) is 4.74 Å². The summed E-state index contributed by atoms with van der Waals surface area (Å²) in [5.41, 5.74) is 2.06. The smallest absolute Gasteiger partial charge is 0.264 e. The van der Waals surface area contributed by atoms with Gasteiger partial charge in [0.25, 0.3) is 5.91 Å². The van der Waals surface area contributed by atoms with Crippen LogP contribution in [0.2, 0.25) is 18.6 Å². The van der Waals surface area contributed by atoms with Crippen LogP contribution < -0.4 is 9.80 Å². The van der Waals surface area contributed by atoms with Crippen molar-refractivity contribution in [1.29, 1.82) is 0 Å². The minimum Gasteiger partial charge on any atom is -0.396 e. The van der Waals surface area contributed by atoms with Gasteiger partial charge in [-0.25, -0.2) is 0 Å². The van der Waals surface area contributed by atoms with Crippen LogP contribution in [0.3, 0.4) is 0 Å². The van der Waals surface area contributed by atoms with Crippen molar-refractivity contribution in [3.05, 3.63) is 88.4 Å². The largest absolute Gasteiger partial charge is 0.396 e. The van der Waals surface area contributed by atoms with Crippen molar-refractivity contribution in [1.82, 2.24) is 0 Å². The Balaban J connectivity index is 1.49. The molecule has 9 heteroatoms. The number of amides is 2. The average molecular weight is 612 g/mol. The van der Waals surface area contributed by atoms with E-state index in [1.165, 1.54) is 0 Å². The van der Waals surface area contributed by atoms with Gasteiger partial charge in [0.1, 0.15) is 0 Å². The van der Waals surface area contributed by atoms with E-state index in [2.05, 4.69) is 15.9 Å². The predicted molar refractivity (Wildman–Crippen MR) is 156 cm³/mol. The van der Waals surface area contributed by atoms with Gasteiger partial charge in [0.2, 0.25) is 14.8 Å². The average Bonchev–Trinajstić information content (AvgIpc) is 3.33. The number of nitrogens with zero attached hydrogens (tertiary/aromatic N) is 2. The molecule has 0 aliphatic carbocycles. The first-order valence-electron chi connectivity index (χ1n) is 13.1. The maximum absolute atomic E-state index is 15.6. The molecular formula is C30H32BrFN2O4Si. The number of halogens is 2. The second kappa shape index (κ2) is 10.6. The first-order valence-corrected chi connectivity index (χ1v) is 16.8. The minimum atomic E-state index is -3.24. The third-order valence-corrected chi connectivity index (χ3v) is 11.0. The van der Waals surface area contributed by atoms with E-state index in [1.54, 1.807) is 22.9 Å². The highest BCUT2D eigenvalue weighted by Gasteiger charge is 2.66. The van der Waals surface area contributed by atoms with Gasteiger partial charge >= 0.3 is 0 Å². The number of carbonyl (C=O) groups is 2. The lowest BCUT2D eigenvalue weighted by Gasteiger charge is -2.31. The van der Waals surface area contributed by atoms with Gasteiger partial charge in [-0.2, -0.15) is 0 Å². The minimum absolute atomic E-state index is 0.134. The molecule has 2 heterocycles. The SMILES string of the molecule is C[C@@H]1[C@@H]([Si](C)(C)F)[C@H](CCO)O[C@@]12C(=O)N(Cc1ccc(N(C=O)c3ccccc3)cc1)c1ccc(Br)cc12. The lowest BCUT2D eigenvalue weighted by molar-refractivity contribution is -0.146. The first-order chi connectivity index (χ1) is 18.6. The van der Waals surface area contributed by atoms with Gasteiger partial charge in [-0.15, -0.1) is 0 Å². The van der Waals surface area contributed by atoms with Crippen LogP contribution in [0.5, 0.6) is 0 Å². The van der Waals surface area contributed by atoms with Crippen molar-refractivity contribution in [2.75, 3.05) is 16.4 Å². The number of para-hydroxylation sites is 1. The van der Waals surface area contributed by atoms with Crippen molar-refractivity contribution in [2.24, 2.45) is 5.92 Å². The summed E-state index contributed by atoms with van der Waals surface area (Å²) in [6.45, 7) is 5.38. The topological polar surface area (TPSA) is 70.1 Å². The van der Waals surface area contributed by atoms with Crippen molar-refractivity contribution >= 4 is 53.7 Å². The summed E-state index contributed by atoms with van der Waals surface area (Å²) >= 11 is 3.55. The standard InChI is InChI=1S/C30H32BrFN2O4Si/c1-20-28(39(2,3)32)27(15-16-35)38-30(20)25-17-22(31)11-14-26(25)33(29(30)37)18-21-9-12-24(13-10-21)34(19-36)23-7-5-4-6-8-23/h4-14,17,19-20,27-28,35H,15-16,18H2,1-3H3/t20-,27+,28-,30+/m1/s1. The first kappa shape index (κ1) is 27.7. The third kappa shape index (κ3) is 4.75. The Hall–Kier alpha value is -2.85. The number of anilines is 3. The van der Waals surface area contributed by atoms with E-state index in [0.717, 1.165) is 33.4 Å². The normalized spacial score (nSPS) is 24.3. The number of carbonyl (C=O) groups excluding carboxylic acids is 2. The molecule has 6 nitrogen and oxygen atoms in total. The van der Waals surface area contributed by atoms with Gasteiger partial charge in [-0.05, 0) is 67.5 Å². The molecule has 5 rings (SSSR count). The Labute approximate surface area is 237 Å². The molecule has 3 aromatic rings. The summed E-state index contributed by atoms with van der Waals surface area (Å²) in [6.07, 6.45) is 0.517. The number of aliphatic hydroxyl groups is 1. The van der Waals surface area contributed by atoms with Crippen LogP contribution in [0, 0.1) is 5.92 Å². The second-order valence-corrected chi connectivity index (χ2v) is 15.5. The molecule has 0 radical (unpaired) electrons. The number of aliphatic hydroxyl groups excluding tert-OH is 1. The Morgan fingerprint density at radius 2 is 1.77 bits per heavy atom. The fourth-order valence-electron chi connectivity index (χ4n) is 6.38. The van der Waals surface area contributed by atoms with Gasteiger partial charge < -0.3 is 18.9 Å². The fourth-order valence-corrected chi connectivity index (χ4v) is 9.28. The van der Waals surface area contributed by atoms with Crippen LogP contribution in [0.1, 0.15) is 24.5 Å². The molecule has 1 fully saturated rings. The van der Waals surface area contributed by atoms with Gasteiger partial charge in [-0.1, -0.05) is 53.2 Å². The van der Waals surface area contributed by atoms with Crippen LogP contribution in [-0.4, -0.2) is 38.5 Å². The quantitative estimate of drug-likeness (QED) is 0.181. The molecule has 0 saturated carbocycles. The molecule has 0 aromatic heterocycles. The van der Waals surface area contributed by atoms with Crippen LogP contribution in [0.25, 0.3) is 0 Å². The summed E-state index contributed by atoms with van der Waals surface area (Å²) in [5, 5.41) is 9.72. The van der Waals surface area contributed by atoms with Gasteiger partial charge in [-0.3, -0.25) is 14.5 Å². The molecule has 4 atom stereocenters. The molecule has 2 aliphatic rings.